The number of anilines is 3. The van der Waals surface area contributed by atoms with Crippen molar-refractivity contribution in [1.82, 2.24) is 9.97 Å². The summed E-state index contributed by atoms with van der Waals surface area (Å²) in [5, 5.41) is 6.38. The van der Waals surface area contributed by atoms with E-state index < -0.39 is 0 Å². The van der Waals surface area contributed by atoms with Crippen LogP contribution < -0.4 is 20.1 Å². The largest absolute Gasteiger partial charge is 0.493 e. The first kappa shape index (κ1) is 19.2. The molecule has 7 heteroatoms. The molecular formula is C21H22N4O3. The SMILES string of the molecule is COc1ccc(CNc2nccc(Nc3cccc(C(C)=O)c3)n2)cc1OC. The molecule has 1 heterocycles. The highest BCUT2D eigenvalue weighted by atomic mass is 16.5. The van der Waals surface area contributed by atoms with E-state index in [1.54, 1.807) is 45.5 Å². The molecule has 0 spiro atoms. The molecule has 7 nitrogen and oxygen atoms in total. The lowest BCUT2D eigenvalue weighted by Crippen LogP contribution is -2.05. The topological polar surface area (TPSA) is 85.4 Å². The van der Waals surface area contributed by atoms with Crippen molar-refractivity contribution in [3.63, 3.8) is 0 Å². The van der Waals surface area contributed by atoms with Gasteiger partial charge in [-0.2, -0.15) is 4.98 Å². The number of carbonyl (C=O) groups is 1. The molecule has 0 bridgehead atoms. The van der Waals surface area contributed by atoms with Crippen LogP contribution in [0, 0.1) is 0 Å². The maximum absolute atomic E-state index is 11.5. The molecule has 144 valence electrons. The molecule has 0 aliphatic rings. The second-order valence-electron chi connectivity index (χ2n) is 6.07. The van der Waals surface area contributed by atoms with Crippen LogP contribution >= 0.6 is 0 Å². The predicted molar refractivity (Wildman–Crippen MR) is 109 cm³/mol. The average molecular weight is 378 g/mol. The van der Waals surface area contributed by atoms with Crippen LogP contribution in [0.15, 0.2) is 54.7 Å². The number of aromatic nitrogens is 2. The molecule has 0 saturated heterocycles. The number of hydrogen-bond donors (Lipinski definition) is 2. The van der Waals surface area contributed by atoms with E-state index >= 15 is 0 Å². The Kier molecular flexibility index (Phi) is 6.06. The van der Waals surface area contributed by atoms with Gasteiger partial charge in [-0.25, -0.2) is 4.98 Å². The summed E-state index contributed by atoms with van der Waals surface area (Å²) in [6.07, 6.45) is 1.67. The fourth-order valence-electron chi connectivity index (χ4n) is 2.65. The van der Waals surface area contributed by atoms with Crippen molar-refractivity contribution in [2.45, 2.75) is 13.5 Å². The standard InChI is InChI=1S/C21H22N4O3/c1-14(26)16-5-4-6-17(12-16)24-20-9-10-22-21(25-20)23-13-15-7-8-18(27-2)19(11-15)28-3/h4-12H,13H2,1-3H3,(H2,22,23,24,25). The van der Waals surface area contributed by atoms with Crippen LogP contribution in [0.25, 0.3) is 0 Å². The molecule has 0 aliphatic heterocycles. The summed E-state index contributed by atoms with van der Waals surface area (Å²) >= 11 is 0. The molecule has 0 amide bonds. The highest BCUT2D eigenvalue weighted by Crippen LogP contribution is 2.27. The maximum Gasteiger partial charge on any atom is 0.224 e. The molecule has 2 N–H and O–H groups in total. The average Bonchev–Trinajstić information content (AvgIpc) is 2.72. The number of ether oxygens (including phenoxy) is 2. The summed E-state index contributed by atoms with van der Waals surface area (Å²) in [7, 11) is 3.21. The van der Waals surface area contributed by atoms with Gasteiger partial charge in [0.05, 0.1) is 14.2 Å². The summed E-state index contributed by atoms with van der Waals surface area (Å²) in [6, 6.07) is 14.8. The van der Waals surface area contributed by atoms with Crippen molar-refractivity contribution < 1.29 is 14.3 Å². The van der Waals surface area contributed by atoms with Crippen LogP contribution in [-0.2, 0) is 6.54 Å². The molecule has 0 unspecified atom stereocenters. The van der Waals surface area contributed by atoms with Crippen LogP contribution in [0.2, 0.25) is 0 Å². The van der Waals surface area contributed by atoms with E-state index in [0.29, 0.717) is 35.4 Å². The molecule has 0 saturated carbocycles. The number of rotatable bonds is 8. The van der Waals surface area contributed by atoms with Gasteiger partial charge < -0.3 is 20.1 Å². The molecule has 0 radical (unpaired) electrons. The van der Waals surface area contributed by atoms with E-state index in [1.165, 1.54) is 0 Å². The first-order valence-electron chi connectivity index (χ1n) is 8.75. The quantitative estimate of drug-likeness (QED) is 0.572. The lowest BCUT2D eigenvalue weighted by atomic mass is 10.1. The van der Waals surface area contributed by atoms with Gasteiger partial charge in [-0.1, -0.05) is 18.2 Å². The van der Waals surface area contributed by atoms with E-state index in [-0.39, 0.29) is 5.78 Å². The van der Waals surface area contributed by atoms with Crippen molar-refractivity contribution >= 4 is 23.2 Å². The van der Waals surface area contributed by atoms with Crippen molar-refractivity contribution in [3.05, 3.63) is 65.9 Å². The normalized spacial score (nSPS) is 10.2. The van der Waals surface area contributed by atoms with E-state index in [0.717, 1.165) is 11.3 Å². The van der Waals surface area contributed by atoms with Crippen molar-refractivity contribution in [3.8, 4) is 11.5 Å². The third-order valence-electron chi connectivity index (χ3n) is 4.10. The highest BCUT2D eigenvalue weighted by molar-refractivity contribution is 5.95. The van der Waals surface area contributed by atoms with Crippen molar-refractivity contribution in [1.29, 1.82) is 0 Å². The van der Waals surface area contributed by atoms with Crippen LogP contribution in [0.1, 0.15) is 22.8 Å². The summed E-state index contributed by atoms with van der Waals surface area (Å²) in [5.74, 6) is 2.49. The molecule has 3 aromatic rings. The van der Waals surface area contributed by atoms with Crippen LogP contribution in [0.4, 0.5) is 17.5 Å². The minimum absolute atomic E-state index is 0.0172. The Bertz CT molecular complexity index is 975. The number of nitrogens with one attached hydrogen (secondary N) is 2. The van der Waals surface area contributed by atoms with E-state index in [4.69, 9.17) is 9.47 Å². The molecule has 0 aliphatic carbocycles. The summed E-state index contributed by atoms with van der Waals surface area (Å²) in [6.45, 7) is 2.07. The summed E-state index contributed by atoms with van der Waals surface area (Å²) in [5.41, 5.74) is 2.44. The fourth-order valence-corrected chi connectivity index (χ4v) is 2.65. The summed E-state index contributed by atoms with van der Waals surface area (Å²) in [4.78, 5) is 20.2. The van der Waals surface area contributed by atoms with E-state index in [9.17, 15) is 4.79 Å². The van der Waals surface area contributed by atoms with Gasteiger partial charge in [-0.05, 0) is 42.8 Å². The van der Waals surface area contributed by atoms with Gasteiger partial charge in [0.15, 0.2) is 17.3 Å². The first-order valence-corrected chi connectivity index (χ1v) is 8.75. The highest BCUT2D eigenvalue weighted by Gasteiger charge is 2.06. The number of Topliss-reactive ketones (excluding diaryl/α,β-unsaturated/α-hetero) is 1. The monoisotopic (exact) mass is 378 g/mol. The Morgan fingerprint density at radius 3 is 2.61 bits per heavy atom. The Morgan fingerprint density at radius 1 is 1.04 bits per heavy atom. The first-order chi connectivity index (χ1) is 13.6. The number of methoxy groups -OCH3 is 2. The predicted octanol–water partition coefficient (Wildman–Crippen LogP) is 4.05. The minimum atomic E-state index is 0.0172. The Morgan fingerprint density at radius 2 is 1.86 bits per heavy atom. The summed E-state index contributed by atoms with van der Waals surface area (Å²) < 4.78 is 10.6. The molecule has 0 fully saturated rings. The lowest BCUT2D eigenvalue weighted by molar-refractivity contribution is 0.101. The van der Waals surface area contributed by atoms with E-state index in [2.05, 4.69) is 20.6 Å². The number of carbonyl (C=O) groups excluding carboxylic acids is 1. The van der Waals surface area contributed by atoms with Gasteiger partial charge in [-0.15, -0.1) is 0 Å². The third kappa shape index (κ3) is 4.76. The van der Waals surface area contributed by atoms with Crippen molar-refractivity contribution in [2.24, 2.45) is 0 Å². The number of benzene rings is 2. The number of ketones is 1. The smallest absolute Gasteiger partial charge is 0.224 e. The van der Waals surface area contributed by atoms with Gasteiger partial charge in [0.2, 0.25) is 5.95 Å². The molecule has 3 rings (SSSR count). The van der Waals surface area contributed by atoms with Gasteiger partial charge in [0, 0.05) is 24.0 Å². The molecular weight excluding hydrogens is 356 g/mol. The molecule has 0 atom stereocenters. The van der Waals surface area contributed by atoms with Gasteiger partial charge >= 0.3 is 0 Å². The van der Waals surface area contributed by atoms with Gasteiger partial charge in [-0.3, -0.25) is 4.79 Å². The Labute approximate surface area is 163 Å². The molecule has 28 heavy (non-hydrogen) atoms. The van der Waals surface area contributed by atoms with Crippen molar-refractivity contribution in [2.75, 3.05) is 24.9 Å². The Balaban J connectivity index is 1.68. The van der Waals surface area contributed by atoms with Gasteiger partial charge in [0.1, 0.15) is 5.82 Å². The zero-order valence-corrected chi connectivity index (χ0v) is 16.0. The second kappa shape index (κ2) is 8.85. The number of hydrogen-bond acceptors (Lipinski definition) is 7. The van der Waals surface area contributed by atoms with Crippen LogP contribution in [-0.4, -0.2) is 30.0 Å². The number of nitrogens with zero attached hydrogens (tertiary/aromatic N) is 2. The van der Waals surface area contributed by atoms with Gasteiger partial charge in [0.25, 0.3) is 0 Å². The van der Waals surface area contributed by atoms with E-state index in [1.807, 2.05) is 30.3 Å². The lowest BCUT2D eigenvalue weighted by Gasteiger charge is -2.11. The third-order valence-corrected chi connectivity index (χ3v) is 4.10. The Hall–Kier alpha value is -3.61. The maximum atomic E-state index is 11.5. The zero-order valence-electron chi connectivity index (χ0n) is 16.0. The molecule has 1 aromatic heterocycles. The second-order valence-corrected chi connectivity index (χ2v) is 6.07. The minimum Gasteiger partial charge on any atom is -0.493 e. The van der Waals surface area contributed by atoms with Crippen LogP contribution in [0.5, 0.6) is 11.5 Å². The fraction of sp³-hybridized carbons (Fsp3) is 0.190. The zero-order chi connectivity index (χ0) is 19.9. The van der Waals surface area contributed by atoms with Crippen LogP contribution in [0.3, 0.4) is 0 Å². The molecule has 2 aromatic carbocycles.